The summed E-state index contributed by atoms with van der Waals surface area (Å²) in [5.41, 5.74) is 6.10. The molecule has 106 valence electrons. The first-order valence-corrected chi connectivity index (χ1v) is 6.79. The van der Waals surface area contributed by atoms with Gasteiger partial charge in [-0.3, -0.25) is 4.79 Å². The Balaban J connectivity index is 0.00000180. The minimum absolute atomic E-state index is 0. The van der Waals surface area contributed by atoms with E-state index in [9.17, 15) is 4.79 Å². The average molecular weight is 284 g/mol. The van der Waals surface area contributed by atoms with Crippen LogP contribution in [-0.4, -0.2) is 28.9 Å². The summed E-state index contributed by atoms with van der Waals surface area (Å²) in [5.74, 6) is 0.235. The van der Waals surface area contributed by atoms with Gasteiger partial charge in [-0.1, -0.05) is 18.9 Å². The van der Waals surface area contributed by atoms with Gasteiger partial charge in [0.2, 0.25) is 5.91 Å². The van der Waals surface area contributed by atoms with Gasteiger partial charge in [0.15, 0.2) is 0 Å². The molecule has 2 N–H and O–H groups in total. The van der Waals surface area contributed by atoms with Crippen LogP contribution in [0, 0.1) is 17.2 Å². The van der Waals surface area contributed by atoms with E-state index < -0.39 is 6.04 Å². The molecular formula is C14H22ClN3O. The molecule has 1 aliphatic carbocycles. The molecule has 0 aromatic carbocycles. The summed E-state index contributed by atoms with van der Waals surface area (Å²) >= 11 is 0. The number of amides is 1. The number of nitriles is 1. The van der Waals surface area contributed by atoms with Crippen molar-refractivity contribution < 1.29 is 4.79 Å². The van der Waals surface area contributed by atoms with Crippen LogP contribution in [0.4, 0.5) is 0 Å². The van der Waals surface area contributed by atoms with Crippen LogP contribution in [0.25, 0.3) is 0 Å². The normalized spacial score (nSPS) is 28.5. The number of halogens is 1. The van der Waals surface area contributed by atoms with E-state index in [2.05, 4.69) is 12.6 Å². The largest absolute Gasteiger partial charge is 0.320 e. The van der Waals surface area contributed by atoms with Crippen molar-refractivity contribution in [1.29, 1.82) is 5.26 Å². The van der Waals surface area contributed by atoms with Crippen LogP contribution < -0.4 is 5.73 Å². The van der Waals surface area contributed by atoms with Crippen molar-refractivity contribution in [1.82, 2.24) is 4.90 Å². The molecule has 0 spiro atoms. The summed E-state index contributed by atoms with van der Waals surface area (Å²) < 4.78 is 0. The van der Waals surface area contributed by atoms with Gasteiger partial charge in [-0.25, -0.2) is 0 Å². The maximum absolute atomic E-state index is 12.5. The number of carbonyl (C=O) groups excluding carboxylic acids is 1. The highest BCUT2D eigenvalue weighted by Crippen LogP contribution is 2.31. The van der Waals surface area contributed by atoms with Gasteiger partial charge in [-0.2, -0.15) is 5.26 Å². The van der Waals surface area contributed by atoms with Crippen molar-refractivity contribution in [2.45, 2.75) is 56.7 Å². The SMILES string of the molecule is C=CC1CCC(C#N)N1C(=O)[C@H](N)C1CCCC1.Cl. The average Bonchev–Trinajstić information content (AvgIpc) is 3.05. The molecule has 1 saturated carbocycles. The summed E-state index contributed by atoms with van der Waals surface area (Å²) in [7, 11) is 0. The standard InChI is InChI=1S/C14H21N3O.ClH/c1-2-11-7-8-12(9-15)17(11)14(18)13(16)10-5-3-4-6-10;/h2,10-13H,1,3-8,16H2;1H/t11?,12?,13-;/m1./s1. The van der Waals surface area contributed by atoms with Gasteiger partial charge in [-0.15, -0.1) is 19.0 Å². The van der Waals surface area contributed by atoms with E-state index in [1.54, 1.807) is 11.0 Å². The molecule has 4 nitrogen and oxygen atoms in total. The molecule has 0 bridgehead atoms. The van der Waals surface area contributed by atoms with Gasteiger partial charge < -0.3 is 10.6 Å². The summed E-state index contributed by atoms with van der Waals surface area (Å²) in [5, 5.41) is 9.13. The van der Waals surface area contributed by atoms with Gasteiger partial charge in [0.25, 0.3) is 0 Å². The Labute approximate surface area is 121 Å². The van der Waals surface area contributed by atoms with Crippen LogP contribution in [0.5, 0.6) is 0 Å². The number of hydrogen-bond donors (Lipinski definition) is 1. The van der Waals surface area contributed by atoms with Crippen LogP contribution >= 0.6 is 12.4 Å². The lowest BCUT2D eigenvalue weighted by Gasteiger charge is -2.30. The lowest BCUT2D eigenvalue weighted by atomic mass is 9.97. The third-order valence-electron chi connectivity index (χ3n) is 4.30. The van der Waals surface area contributed by atoms with Gasteiger partial charge in [0.1, 0.15) is 6.04 Å². The summed E-state index contributed by atoms with van der Waals surface area (Å²) in [6.45, 7) is 3.76. The second-order valence-corrected chi connectivity index (χ2v) is 5.34. The fourth-order valence-electron chi connectivity index (χ4n) is 3.20. The maximum atomic E-state index is 12.5. The number of carbonyl (C=O) groups is 1. The van der Waals surface area contributed by atoms with Crippen LogP contribution in [0.1, 0.15) is 38.5 Å². The fourth-order valence-corrected chi connectivity index (χ4v) is 3.20. The Morgan fingerprint density at radius 3 is 2.53 bits per heavy atom. The molecule has 2 fully saturated rings. The first-order chi connectivity index (χ1) is 8.69. The quantitative estimate of drug-likeness (QED) is 0.805. The Morgan fingerprint density at radius 1 is 1.37 bits per heavy atom. The van der Waals surface area contributed by atoms with E-state index in [4.69, 9.17) is 11.0 Å². The van der Waals surface area contributed by atoms with Crippen LogP contribution in [0.2, 0.25) is 0 Å². The van der Waals surface area contributed by atoms with Crippen molar-refractivity contribution in [2.75, 3.05) is 0 Å². The second kappa shape index (κ2) is 6.93. The van der Waals surface area contributed by atoms with Crippen LogP contribution in [0.15, 0.2) is 12.7 Å². The molecule has 2 rings (SSSR count). The first-order valence-electron chi connectivity index (χ1n) is 6.79. The maximum Gasteiger partial charge on any atom is 0.241 e. The van der Waals surface area contributed by atoms with Crippen molar-refractivity contribution in [3.8, 4) is 6.07 Å². The second-order valence-electron chi connectivity index (χ2n) is 5.34. The molecule has 2 unspecified atom stereocenters. The Morgan fingerprint density at radius 2 is 2.00 bits per heavy atom. The molecule has 5 heteroatoms. The molecule has 1 saturated heterocycles. The number of hydrogen-bond acceptors (Lipinski definition) is 3. The zero-order valence-electron chi connectivity index (χ0n) is 11.1. The van der Waals surface area contributed by atoms with Crippen LogP contribution in [-0.2, 0) is 4.79 Å². The molecule has 1 aliphatic heterocycles. The molecule has 19 heavy (non-hydrogen) atoms. The van der Waals surface area contributed by atoms with E-state index in [0.29, 0.717) is 5.92 Å². The molecule has 0 aromatic rings. The zero-order chi connectivity index (χ0) is 13.1. The van der Waals surface area contributed by atoms with Crippen molar-refractivity contribution in [3.05, 3.63) is 12.7 Å². The summed E-state index contributed by atoms with van der Waals surface area (Å²) in [4.78, 5) is 14.1. The molecule has 3 atom stereocenters. The predicted octanol–water partition coefficient (Wildman–Crippen LogP) is 1.99. The van der Waals surface area contributed by atoms with Gasteiger partial charge in [0, 0.05) is 0 Å². The van der Waals surface area contributed by atoms with Crippen LogP contribution in [0.3, 0.4) is 0 Å². The zero-order valence-corrected chi connectivity index (χ0v) is 11.9. The van der Waals surface area contributed by atoms with Gasteiger partial charge >= 0.3 is 0 Å². The Bertz CT molecular complexity index is 373. The van der Waals surface area contributed by atoms with E-state index in [-0.39, 0.29) is 30.4 Å². The van der Waals surface area contributed by atoms with E-state index in [1.165, 1.54) is 0 Å². The van der Waals surface area contributed by atoms with E-state index in [1.807, 2.05) is 0 Å². The molecule has 0 aromatic heterocycles. The molecule has 2 aliphatic rings. The monoisotopic (exact) mass is 283 g/mol. The van der Waals surface area contributed by atoms with E-state index >= 15 is 0 Å². The number of rotatable bonds is 3. The van der Waals surface area contributed by atoms with Gasteiger partial charge in [0.05, 0.1) is 18.2 Å². The predicted molar refractivity (Wildman–Crippen MR) is 76.6 cm³/mol. The van der Waals surface area contributed by atoms with Crippen molar-refractivity contribution >= 4 is 18.3 Å². The number of likely N-dealkylation sites (tertiary alicyclic amines) is 1. The summed E-state index contributed by atoms with van der Waals surface area (Å²) in [6, 6.07) is 1.42. The summed E-state index contributed by atoms with van der Waals surface area (Å²) in [6.07, 6.45) is 7.72. The third kappa shape index (κ3) is 3.10. The topological polar surface area (TPSA) is 70.1 Å². The van der Waals surface area contributed by atoms with Crippen molar-refractivity contribution in [2.24, 2.45) is 11.7 Å². The lowest BCUT2D eigenvalue weighted by Crippen LogP contribution is -2.51. The number of nitrogens with two attached hydrogens (primary N) is 1. The minimum Gasteiger partial charge on any atom is -0.320 e. The smallest absolute Gasteiger partial charge is 0.241 e. The van der Waals surface area contributed by atoms with E-state index in [0.717, 1.165) is 38.5 Å². The Hall–Kier alpha value is -1.05. The lowest BCUT2D eigenvalue weighted by molar-refractivity contribution is -0.135. The number of nitrogens with zero attached hydrogens (tertiary/aromatic N) is 2. The third-order valence-corrected chi connectivity index (χ3v) is 4.30. The highest BCUT2D eigenvalue weighted by atomic mass is 35.5. The minimum atomic E-state index is -0.441. The molecule has 1 heterocycles. The van der Waals surface area contributed by atoms with Crippen molar-refractivity contribution in [3.63, 3.8) is 0 Å². The Kier molecular flexibility index (Phi) is 5.84. The fraction of sp³-hybridized carbons (Fsp3) is 0.714. The van der Waals surface area contributed by atoms with Gasteiger partial charge in [-0.05, 0) is 31.6 Å². The molecule has 0 radical (unpaired) electrons. The molecular weight excluding hydrogens is 262 g/mol. The first kappa shape index (κ1) is 16.0. The highest BCUT2D eigenvalue weighted by Gasteiger charge is 2.39. The molecule has 1 amide bonds. The highest BCUT2D eigenvalue weighted by molar-refractivity contribution is 5.85.